The van der Waals surface area contributed by atoms with E-state index in [2.05, 4.69) is 28.3 Å². The van der Waals surface area contributed by atoms with Gasteiger partial charge >= 0.3 is 0 Å². The van der Waals surface area contributed by atoms with E-state index in [-0.39, 0.29) is 0 Å². The van der Waals surface area contributed by atoms with E-state index < -0.39 is 0 Å². The molecule has 1 N–H and O–H groups in total. The van der Waals surface area contributed by atoms with E-state index in [0.29, 0.717) is 6.10 Å². The lowest BCUT2D eigenvalue weighted by atomic mass is 10.1. The Morgan fingerprint density at radius 1 is 1.48 bits per heavy atom. The van der Waals surface area contributed by atoms with Crippen molar-refractivity contribution >= 4 is 5.82 Å². The Kier molecular flexibility index (Phi) is 6.92. The molecule has 0 bridgehead atoms. The van der Waals surface area contributed by atoms with Crippen molar-refractivity contribution < 1.29 is 9.47 Å². The van der Waals surface area contributed by atoms with E-state index in [1.54, 1.807) is 7.11 Å². The van der Waals surface area contributed by atoms with Gasteiger partial charge in [0, 0.05) is 52.2 Å². The monoisotopic (exact) mass is 293 g/mol. The van der Waals surface area contributed by atoms with Crippen molar-refractivity contribution in [3.63, 3.8) is 0 Å². The van der Waals surface area contributed by atoms with Crippen LogP contribution in [0.4, 0.5) is 5.82 Å². The molecule has 1 atom stereocenters. The number of hydrogen-bond acceptors (Lipinski definition) is 5. The SMILES string of the molecule is COCCNCc1cccnc1N(C)CC1CCCCO1. The first-order valence-corrected chi connectivity index (χ1v) is 7.77. The normalized spacial score (nSPS) is 18.7. The van der Waals surface area contributed by atoms with Crippen molar-refractivity contribution in [1.29, 1.82) is 0 Å². The van der Waals surface area contributed by atoms with E-state index in [1.165, 1.54) is 18.4 Å². The van der Waals surface area contributed by atoms with Gasteiger partial charge in [0.2, 0.25) is 0 Å². The van der Waals surface area contributed by atoms with Gasteiger partial charge in [-0.25, -0.2) is 4.98 Å². The number of nitrogens with one attached hydrogen (secondary N) is 1. The number of rotatable bonds is 8. The molecule has 0 aromatic carbocycles. The second-order valence-electron chi connectivity index (χ2n) is 5.52. The van der Waals surface area contributed by atoms with Crippen LogP contribution in [0.2, 0.25) is 0 Å². The molecule has 5 nitrogen and oxygen atoms in total. The minimum Gasteiger partial charge on any atom is -0.383 e. The van der Waals surface area contributed by atoms with Gasteiger partial charge in [-0.1, -0.05) is 6.07 Å². The van der Waals surface area contributed by atoms with Crippen LogP contribution in [0.3, 0.4) is 0 Å². The molecular weight excluding hydrogens is 266 g/mol. The Morgan fingerprint density at radius 2 is 2.38 bits per heavy atom. The van der Waals surface area contributed by atoms with Gasteiger partial charge in [0.1, 0.15) is 5.82 Å². The number of hydrogen-bond donors (Lipinski definition) is 1. The molecule has 21 heavy (non-hydrogen) atoms. The van der Waals surface area contributed by atoms with Crippen LogP contribution in [0.25, 0.3) is 0 Å². The quantitative estimate of drug-likeness (QED) is 0.741. The molecule has 2 heterocycles. The van der Waals surface area contributed by atoms with Crippen molar-refractivity contribution in [2.75, 3.05) is 45.4 Å². The van der Waals surface area contributed by atoms with E-state index in [9.17, 15) is 0 Å². The summed E-state index contributed by atoms with van der Waals surface area (Å²) in [6, 6.07) is 4.11. The van der Waals surface area contributed by atoms with Gasteiger partial charge in [0.05, 0.1) is 12.7 Å². The first-order chi connectivity index (χ1) is 10.3. The van der Waals surface area contributed by atoms with Gasteiger partial charge < -0.3 is 19.7 Å². The lowest BCUT2D eigenvalue weighted by Crippen LogP contribution is -2.34. The summed E-state index contributed by atoms with van der Waals surface area (Å²) in [5, 5.41) is 3.38. The van der Waals surface area contributed by atoms with Crippen LogP contribution in [0.1, 0.15) is 24.8 Å². The van der Waals surface area contributed by atoms with E-state index in [0.717, 1.165) is 45.1 Å². The summed E-state index contributed by atoms with van der Waals surface area (Å²) < 4.78 is 10.9. The Balaban J connectivity index is 1.90. The maximum absolute atomic E-state index is 5.82. The maximum atomic E-state index is 5.82. The van der Waals surface area contributed by atoms with Gasteiger partial charge in [0.25, 0.3) is 0 Å². The third-order valence-electron chi connectivity index (χ3n) is 3.78. The minimum absolute atomic E-state index is 0.333. The Morgan fingerprint density at radius 3 is 3.14 bits per heavy atom. The van der Waals surface area contributed by atoms with Crippen molar-refractivity contribution in [1.82, 2.24) is 10.3 Å². The highest BCUT2D eigenvalue weighted by Crippen LogP contribution is 2.19. The third-order valence-corrected chi connectivity index (χ3v) is 3.78. The lowest BCUT2D eigenvalue weighted by molar-refractivity contribution is 0.0215. The molecule has 0 spiro atoms. The zero-order chi connectivity index (χ0) is 14.9. The summed E-state index contributed by atoms with van der Waals surface area (Å²) in [6.07, 6.45) is 5.80. The molecule has 2 rings (SSSR count). The van der Waals surface area contributed by atoms with Gasteiger partial charge in [-0.15, -0.1) is 0 Å². The van der Waals surface area contributed by atoms with Crippen LogP contribution in [-0.4, -0.2) is 51.5 Å². The standard InChI is InChI=1S/C16H27N3O2/c1-19(13-15-7-3-4-10-21-15)16-14(6-5-8-18-16)12-17-9-11-20-2/h5-6,8,15,17H,3-4,7,9-13H2,1-2H3. The number of aromatic nitrogens is 1. The van der Waals surface area contributed by atoms with Gasteiger partial charge in [0.15, 0.2) is 0 Å². The first-order valence-electron chi connectivity index (χ1n) is 7.77. The average molecular weight is 293 g/mol. The summed E-state index contributed by atoms with van der Waals surface area (Å²) in [5.41, 5.74) is 1.21. The van der Waals surface area contributed by atoms with Crippen LogP contribution >= 0.6 is 0 Å². The zero-order valence-corrected chi connectivity index (χ0v) is 13.2. The Hall–Kier alpha value is -1.17. The number of ether oxygens (including phenoxy) is 2. The van der Waals surface area contributed by atoms with Crippen LogP contribution in [0.5, 0.6) is 0 Å². The van der Waals surface area contributed by atoms with Crippen molar-refractivity contribution in [3.05, 3.63) is 23.9 Å². The molecule has 0 saturated carbocycles. The molecule has 5 heteroatoms. The molecule has 0 amide bonds. The predicted octanol–water partition coefficient (Wildman–Crippen LogP) is 1.82. The molecule has 1 aromatic heterocycles. The largest absolute Gasteiger partial charge is 0.383 e. The van der Waals surface area contributed by atoms with Crippen LogP contribution in [0.15, 0.2) is 18.3 Å². The molecular formula is C16H27N3O2. The Bertz CT molecular complexity index is 408. The third kappa shape index (κ3) is 5.26. The molecule has 1 unspecified atom stereocenters. The first kappa shape index (κ1) is 16.2. The van der Waals surface area contributed by atoms with Gasteiger partial charge in [-0.05, 0) is 25.3 Å². The summed E-state index contributed by atoms with van der Waals surface area (Å²) in [4.78, 5) is 6.75. The number of nitrogens with zero attached hydrogens (tertiary/aromatic N) is 2. The van der Waals surface area contributed by atoms with Crippen LogP contribution in [0, 0.1) is 0 Å². The van der Waals surface area contributed by atoms with Crippen molar-refractivity contribution in [3.8, 4) is 0 Å². The molecule has 1 aliphatic rings. The molecule has 0 aliphatic carbocycles. The van der Waals surface area contributed by atoms with Gasteiger partial charge in [-0.2, -0.15) is 0 Å². The van der Waals surface area contributed by atoms with Crippen molar-refractivity contribution in [2.24, 2.45) is 0 Å². The minimum atomic E-state index is 0.333. The van der Waals surface area contributed by atoms with Gasteiger partial charge in [-0.3, -0.25) is 0 Å². The fourth-order valence-electron chi connectivity index (χ4n) is 2.65. The molecule has 1 aromatic rings. The highest BCUT2D eigenvalue weighted by atomic mass is 16.5. The molecule has 0 radical (unpaired) electrons. The maximum Gasteiger partial charge on any atom is 0.132 e. The van der Waals surface area contributed by atoms with Crippen molar-refractivity contribution in [2.45, 2.75) is 31.9 Å². The highest BCUT2D eigenvalue weighted by Gasteiger charge is 2.18. The molecule has 1 fully saturated rings. The molecule has 1 aliphatic heterocycles. The molecule has 1 saturated heterocycles. The number of anilines is 1. The van der Waals surface area contributed by atoms with E-state index in [1.807, 2.05) is 12.3 Å². The number of pyridine rings is 1. The zero-order valence-electron chi connectivity index (χ0n) is 13.2. The average Bonchev–Trinajstić information content (AvgIpc) is 2.53. The number of likely N-dealkylation sites (N-methyl/N-ethyl adjacent to an activating group) is 1. The summed E-state index contributed by atoms with van der Waals surface area (Å²) in [5.74, 6) is 1.04. The van der Waals surface area contributed by atoms with Crippen LogP contribution in [-0.2, 0) is 16.0 Å². The molecule has 118 valence electrons. The fourth-order valence-corrected chi connectivity index (χ4v) is 2.65. The summed E-state index contributed by atoms with van der Waals surface area (Å²) >= 11 is 0. The predicted molar refractivity (Wildman–Crippen MR) is 84.7 cm³/mol. The van der Waals surface area contributed by atoms with Crippen LogP contribution < -0.4 is 10.2 Å². The van der Waals surface area contributed by atoms with E-state index >= 15 is 0 Å². The summed E-state index contributed by atoms with van der Waals surface area (Å²) in [6.45, 7) is 4.18. The summed E-state index contributed by atoms with van der Waals surface area (Å²) in [7, 11) is 3.81. The smallest absolute Gasteiger partial charge is 0.132 e. The van der Waals surface area contributed by atoms with E-state index in [4.69, 9.17) is 9.47 Å². The Labute approximate surface area is 127 Å². The second kappa shape index (κ2) is 8.97. The lowest BCUT2D eigenvalue weighted by Gasteiger charge is -2.29. The highest BCUT2D eigenvalue weighted by molar-refractivity contribution is 5.46. The fraction of sp³-hybridized carbons (Fsp3) is 0.688. The topological polar surface area (TPSA) is 46.6 Å². The second-order valence-corrected chi connectivity index (χ2v) is 5.52. The number of methoxy groups -OCH3 is 1.